The maximum Gasteiger partial charge on any atom is 0.313 e. The van der Waals surface area contributed by atoms with Crippen LogP contribution >= 0.6 is 0 Å². The van der Waals surface area contributed by atoms with Crippen molar-refractivity contribution < 1.29 is 29.0 Å². The van der Waals surface area contributed by atoms with E-state index < -0.39 is 35.6 Å². The van der Waals surface area contributed by atoms with Crippen LogP contribution in [0.2, 0.25) is 0 Å². The average molecular weight is 538 g/mol. The number of hydrogen-bond donors (Lipinski definition) is 1. The topological polar surface area (TPSA) is 99.6 Å². The summed E-state index contributed by atoms with van der Waals surface area (Å²) in [4.78, 5) is 47.0. The first kappa shape index (κ1) is 27.4. The average Bonchev–Trinajstić information content (AvgIpc) is 3.23. The molecule has 4 heterocycles. The first-order valence-corrected chi connectivity index (χ1v) is 14.2. The molecule has 5 atom stereocenters. The van der Waals surface area contributed by atoms with E-state index in [1.165, 1.54) is 0 Å². The standard InChI is InChI=1S/C30H39N3O6/c1-3-31(4-2)21-12-14-22(15-13-21)32-18-10-16-30-25(24-23(39-30)11-9-20-38-29(24)37)27(35)33(26(30)28(32)36)17-7-5-6-8-19-34/h9-16,23-26,34H,3-8,17-20H2,1-2H3/t23-,24+,25+,26-,30?/m1/s1. The number of nitrogens with zero attached hydrogens (tertiary/aromatic N) is 3. The van der Waals surface area contributed by atoms with Crippen LogP contribution in [0.4, 0.5) is 11.4 Å². The molecule has 39 heavy (non-hydrogen) atoms. The summed E-state index contributed by atoms with van der Waals surface area (Å²) < 4.78 is 12.0. The number of rotatable bonds is 10. The van der Waals surface area contributed by atoms with Crippen LogP contribution in [0.3, 0.4) is 0 Å². The lowest BCUT2D eigenvalue weighted by molar-refractivity contribution is -0.152. The Hall–Kier alpha value is -3.17. The smallest absolute Gasteiger partial charge is 0.313 e. The van der Waals surface area contributed by atoms with E-state index in [-0.39, 0.29) is 25.0 Å². The van der Waals surface area contributed by atoms with Crippen molar-refractivity contribution in [2.24, 2.45) is 11.8 Å². The summed E-state index contributed by atoms with van der Waals surface area (Å²) >= 11 is 0. The number of carbonyl (C=O) groups is 3. The van der Waals surface area contributed by atoms with Gasteiger partial charge in [-0.15, -0.1) is 0 Å². The lowest BCUT2D eigenvalue weighted by atomic mass is 9.78. The van der Waals surface area contributed by atoms with Gasteiger partial charge < -0.3 is 29.3 Å². The summed E-state index contributed by atoms with van der Waals surface area (Å²) in [6.07, 6.45) is 9.71. The van der Waals surface area contributed by atoms with E-state index in [1.54, 1.807) is 22.0 Å². The van der Waals surface area contributed by atoms with Gasteiger partial charge >= 0.3 is 5.97 Å². The number of carbonyl (C=O) groups excluding carboxylic acids is 3. The minimum absolute atomic E-state index is 0.133. The van der Waals surface area contributed by atoms with Crippen LogP contribution in [-0.2, 0) is 23.9 Å². The Morgan fingerprint density at radius 1 is 1.00 bits per heavy atom. The summed E-state index contributed by atoms with van der Waals surface area (Å²) in [5.41, 5.74) is 0.594. The molecule has 210 valence electrons. The van der Waals surface area contributed by atoms with Crippen molar-refractivity contribution in [1.82, 2.24) is 4.90 Å². The normalized spacial score (nSPS) is 29.6. The predicted octanol–water partition coefficient (Wildman–Crippen LogP) is 2.68. The maximum absolute atomic E-state index is 14.4. The van der Waals surface area contributed by atoms with Gasteiger partial charge in [0.15, 0.2) is 0 Å². The van der Waals surface area contributed by atoms with Crippen molar-refractivity contribution in [1.29, 1.82) is 0 Å². The minimum Gasteiger partial charge on any atom is -0.461 e. The molecule has 1 unspecified atom stereocenters. The van der Waals surface area contributed by atoms with Crippen LogP contribution in [0.25, 0.3) is 0 Å². The third kappa shape index (κ3) is 4.76. The summed E-state index contributed by atoms with van der Waals surface area (Å²) in [5, 5.41) is 9.13. The SMILES string of the molecule is CCN(CC)c1ccc(N2CC=CC34O[C@@H]5C=CCOC(=O)[C@@H]5[C@H]3C(=O)N(CCCCCCO)[C@@H]4C2=O)cc1. The number of aliphatic hydroxyl groups is 1. The number of hydrogen-bond acceptors (Lipinski definition) is 7. The number of cyclic esters (lactones) is 1. The van der Waals surface area contributed by atoms with Crippen LogP contribution in [0.5, 0.6) is 0 Å². The largest absolute Gasteiger partial charge is 0.461 e. The van der Waals surface area contributed by atoms with Crippen molar-refractivity contribution in [3.63, 3.8) is 0 Å². The molecule has 0 saturated carbocycles. The van der Waals surface area contributed by atoms with Gasteiger partial charge in [0.2, 0.25) is 5.91 Å². The molecule has 4 aliphatic rings. The number of likely N-dealkylation sites (tertiary alicyclic amines) is 1. The fourth-order valence-electron chi connectivity index (χ4n) is 6.62. The molecular formula is C30H39N3O6. The highest BCUT2D eigenvalue weighted by Crippen LogP contribution is 2.53. The number of esters is 1. The summed E-state index contributed by atoms with van der Waals surface area (Å²) in [7, 11) is 0. The van der Waals surface area contributed by atoms with E-state index in [2.05, 4.69) is 18.7 Å². The molecule has 2 fully saturated rings. The van der Waals surface area contributed by atoms with Crippen LogP contribution in [-0.4, -0.2) is 84.9 Å². The molecule has 0 radical (unpaired) electrons. The molecule has 2 amide bonds. The zero-order chi connectivity index (χ0) is 27.6. The zero-order valence-electron chi connectivity index (χ0n) is 22.8. The van der Waals surface area contributed by atoms with E-state index in [9.17, 15) is 14.4 Å². The lowest BCUT2D eigenvalue weighted by Gasteiger charge is -2.35. The Morgan fingerprint density at radius 2 is 1.74 bits per heavy atom. The van der Waals surface area contributed by atoms with Gasteiger partial charge in [0.25, 0.3) is 5.91 Å². The molecule has 1 N–H and O–H groups in total. The molecule has 1 spiro atoms. The zero-order valence-corrected chi connectivity index (χ0v) is 22.8. The molecule has 2 saturated heterocycles. The van der Waals surface area contributed by atoms with Gasteiger partial charge in [0.1, 0.15) is 24.2 Å². The lowest BCUT2D eigenvalue weighted by Crippen LogP contribution is -2.55. The molecule has 1 aromatic carbocycles. The van der Waals surface area contributed by atoms with Gasteiger partial charge in [-0.25, -0.2) is 0 Å². The number of benzene rings is 1. The molecule has 4 aliphatic heterocycles. The number of anilines is 2. The third-order valence-corrected chi connectivity index (χ3v) is 8.51. The van der Waals surface area contributed by atoms with Crippen molar-refractivity contribution in [2.45, 2.75) is 57.3 Å². The van der Waals surface area contributed by atoms with Gasteiger partial charge in [-0.05, 0) is 57.0 Å². The van der Waals surface area contributed by atoms with E-state index in [1.807, 2.05) is 36.4 Å². The molecule has 0 bridgehead atoms. The Balaban J connectivity index is 1.49. The number of unbranched alkanes of at least 4 members (excludes halogenated alkanes) is 3. The second-order valence-electron chi connectivity index (χ2n) is 10.6. The Labute approximate surface area is 230 Å². The van der Waals surface area contributed by atoms with E-state index >= 15 is 0 Å². The summed E-state index contributed by atoms with van der Waals surface area (Å²) in [6, 6.07) is 7.05. The molecule has 5 rings (SSSR count). The van der Waals surface area contributed by atoms with E-state index in [0.717, 1.165) is 37.3 Å². The fourth-order valence-corrected chi connectivity index (χ4v) is 6.62. The Morgan fingerprint density at radius 3 is 2.46 bits per heavy atom. The van der Waals surface area contributed by atoms with Crippen LogP contribution in [0.15, 0.2) is 48.6 Å². The molecule has 9 heteroatoms. The molecular weight excluding hydrogens is 498 g/mol. The highest BCUT2D eigenvalue weighted by atomic mass is 16.6. The van der Waals surface area contributed by atoms with Gasteiger partial charge in [0.05, 0.1) is 12.0 Å². The predicted molar refractivity (Wildman–Crippen MR) is 147 cm³/mol. The molecule has 0 aliphatic carbocycles. The van der Waals surface area contributed by atoms with Crippen molar-refractivity contribution in [2.75, 3.05) is 49.2 Å². The molecule has 0 aromatic heterocycles. The number of fused-ring (bicyclic) bond motifs is 2. The van der Waals surface area contributed by atoms with Crippen LogP contribution < -0.4 is 9.80 Å². The second kappa shape index (κ2) is 11.5. The number of aliphatic hydroxyl groups excluding tert-OH is 1. The Kier molecular flexibility index (Phi) is 8.09. The third-order valence-electron chi connectivity index (χ3n) is 8.51. The quantitative estimate of drug-likeness (QED) is 0.278. The van der Waals surface area contributed by atoms with Crippen molar-refractivity contribution >= 4 is 29.2 Å². The number of amides is 2. The van der Waals surface area contributed by atoms with Gasteiger partial charge in [0, 0.05) is 44.2 Å². The molecule has 1 aromatic rings. The summed E-state index contributed by atoms with van der Waals surface area (Å²) in [5.74, 6) is -2.53. The first-order chi connectivity index (χ1) is 19.0. The maximum atomic E-state index is 14.4. The van der Waals surface area contributed by atoms with Gasteiger partial charge in [-0.2, -0.15) is 0 Å². The van der Waals surface area contributed by atoms with E-state index in [4.69, 9.17) is 14.6 Å². The first-order valence-electron chi connectivity index (χ1n) is 14.2. The minimum atomic E-state index is -1.24. The highest BCUT2D eigenvalue weighted by molar-refractivity contribution is 6.05. The van der Waals surface area contributed by atoms with E-state index in [0.29, 0.717) is 25.9 Å². The van der Waals surface area contributed by atoms with Gasteiger partial charge in [-0.1, -0.05) is 31.1 Å². The van der Waals surface area contributed by atoms with Gasteiger partial charge in [-0.3, -0.25) is 14.4 Å². The summed E-state index contributed by atoms with van der Waals surface area (Å²) in [6.45, 7) is 6.99. The van der Waals surface area contributed by atoms with Crippen LogP contribution in [0.1, 0.15) is 39.5 Å². The van der Waals surface area contributed by atoms with Crippen molar-refractivity contribution in [3.8, 4) is 0 Å². The monoisotopic (exact) mass is 537 g/mol. The Bertz CT molecular complexity index is 1130. The number of ether oxygens (including phenoxy) is 2. The van der Waals surface area contributed by atoms with Crippen molar-refractivity contribution in [3.05, 3.63) is 48.6 Å². The van der Waals surface area contributed by atoms with Crippen LogP contribution in [0, 0.1) is 11.8 Å². The highest BCUT2D eigenvalue weighted by Gasteiger charge is 2.71. The molecule has 9 nitrogen and oxygen atoms in total. The second-order valence-corrected chi connectivity index (χ2v) is 10.6. The fraction of sp³-hybridized carbons (Fsp3) is 0.567.